The molecule has 0 bridgehead atoms. The van der Waals surface area contributed by atoms with Crippen molar-refractivity contribution in [3.8, 4) is 11.5 Å². The van der Waals surface area contributed by atoms with Gasteiger partial charge in [0.25, 0.3) is 5.17 Å². The third-order valence-corrected chi connectivity index (χ3v) is 6.22. The van der Waals surface area contributed by atoms with Gasteiger partial charge in [-0.3, -0.25) is 0 Å². The van der Waals surface area contributed by atoms with Gasteiger partial charge < -0.3 is 24.4 Å². The summed E-state index contributed by atoms with van der Waals surface area (Å²) in [7, 11) is 3.83. The predicted molar refractivity (Wildman–Crippen MR) is 149 cm³/mol. The molecule has 0 aliphatic carbocycles. The van der Waals surface area contributed by atoms with Crippen LogP contribution in [0.4, 0.5) is 11.4 Å². The molecule has 1 unspecified atom stereocenters. The number of benzene rings is 3. The van der Waals surface area contributed by atoms with E-state index in [-0.39, 0.29) is 12.0 Å². The maximum absolute atomic E-state index is 10.5. The van der Waals surface area contributed by atoms with Gasteiger partial charge in [-0.15, -0.1) is 0 Å². The monoisotopic (exact) mass is 492 g/mol. The van der Waals surface area contributed by atoms with Crippen LogP contribution >= 0.6 is 12.2 Å². The first-order chi connectivity index (χ1) is 16.5. The molecule has 3 aromatic rings. The molecule has 3 aromatic carbocycles. The van der Waals surface area contributed by atoms with Gasteiger partial charge in [-0.25, -0.2) is 0 Å². The summed E-state index contributed by atoms with van der Waals surface area (Å²) in [5.74, 6) is 1.35. The van der Waals surface area contributed by atoms with Crippen LogP contribution in [0.2, 0.25) is 0 Å². The lowest BCUT2D eigenvalue weighted by Crippen LogP contribution is -2.33. The second-order valence-corrected chi connectivity index (χ2v) is 10.2. The van der Waals surface area contributed by atoms with Gasteiger partial charge in [0, 0.05) is 38.1 Å². The average molecular weight is 493 g/mol. The molecule has 3 rings (SSSR count). The lowest BCUT2D eigenvalue weighted by molar-refractivity contribution is 0.113. The molecule has 0 heterocycles. The van der Waals surface area contributed by atoms with Crippen molar-refractivity contribution in [2.75, 3.05) is 37.0 Å². The van der Waals surface area contributed by atoms with E-state index < -0.39 is 6.10 Å². The molecule has 0 saturated carbocycles. The minimum absolute atomic E-state index is 0.0831. The first kappa shape index (κ1) is 26.5. The van der Waals surface area contributed by atoms with Crippen LogP contribution in [0.25, 0.3) is 0 Å². The molecule has 0 spiro atoms. The molecule has 0 aromatic heterocycles. The van der Waals surface area contributed by atoms with Crippen molar-refractivity contribution in [1.82, 2.24) is 0 Å². The van der Waals surface area contributed by atoms with Gasteiger partial charge in [-0.1, -0.05) is 57.2 Å². The third kappa shape index (κ3) is 7.44. The molecule has 35 heavy (non-hydrogen) atoms. The van der Waals surface area contributed by atoms with Crippen molar-refractivity contribution in [3.63, 3.8) is 0 Å². The molecule has 5 nitrogen and oxygen atoms in total. The lowest BCUT2D eigenvalue weighted by Gasteiger charge is -2.24. The smallest absolute Gasteiger partial charge is 0.269 e. The van der Waals surface area contributed by atoms with Gasteiger partial charge in [0.05, 0.1) is 0 Å². The molecule has 1 N–H and O–H groups in total. The molecular formula is C29H36N2O3S. The summed E-state index contributed by atoms with van der Waals surface area (Å²) in [6.45, 7) is 9.25. The quantitative estimate of drug-likeness (QED) is 0.391. The molecule has 0 aliphatic rings. The number of aryl methyl sites for hydroxylation is 1. The van der Waals surface area contributed by atoms with E-state index in [1.807, 2.05) is 73.6 Å². The summed E-state index contributed by atoms with van der Waals surface area (Å²) in [5.41, 5.74) is 4.42. The molecule has 0 amide bonds. The molecule has 0 saturated heterocycles. The zero-order valence-electron chi connectivity index (χ0n) is 21.5. The average Bonchev–Trinajstić information content (AvgIpc) is 2.82. The fourth-order valence-electron chi connectivity index (χ4n) is 3.73. The largest absolute Gasteiger partial charge is 0.491 e. The lowest BCUT2D eigenvalue weighted by atomic mass is 9.87. The predicted octanol–water partition coefficient (Wildman–Crippen LogP) is 5.97. The number of likely N-dealkylation sites (N-methyl/N-ethyl adjacent to an activating group) is 1. The van der Waals surface area contributed by atoms with Crippen LogP contribution in [0.3, 0.4) is 0 Å². The molecular weight excluding hydrogens is 456 g/mol. The second kappa shape index (κ2) is 11.6. The summed E-state index contributed by atoms with van der Waals surface area (Å²) in [6, 6.07) is 23.7. The molecule has 6 heteroatoms. The highest BCUT2D eigenvalue weighted by Crippen LogP contribution is 2.26. The minimum Gasteiger partial charge on any atom is -0.491 e. The zero-order chi connectivity index (χ0) is 25.6. The van der Waals surface area contributed by atoms with E-state index in [1.54, 1.807) is 4.90 Å². The van der Waals surface area contributed by atoms with Crippen molar-refractivity contribution >= 4 is 28.8 Å². The summed E-state index contributed by atoms with van der Waals surface area (Å²) >= 11 is 5.52. The second-order valence-electron chi connectivity index (χ2n) is 9.83. The maximum atomic E-state index is 10.5. The number of nitrogens with zero attached hydrogens (tertiary/aromatic N) is 2. The highest BCUT2D eigenvalue weighted by atomic mass is 32.1. The van der Waals surface area contributed by atoms with Gasteiger partial charge >= 0.3 is 0 Å². The first-order valence-electron chi connectivity index (χ1n) is 11.8. The Morgan fingerprint density at radius 1 is 0.943 bits per heavy atom. The fourth-order valence-corrected chi connectivity index (χ4v) is 3.93. The number of hydrogen-bond acceptors (Lipinski definition) is 5. The fraction of sp³-hybridized carbons (Fsp3) is 0.345. The van der Waals surface area contributed by atoms with Gasteiger partial charge in [0.15, 0.2) is 0 Å². The van der Waals surface area contributed by atoms with E-state index >= 15 is 0 Å². The van der Waals surface area contributed by atoms with Crippen LogP contribution in [-0.4, -0.2) is 43.6 Å². The van der Waals surface area contributed by atoms with Crippen LogP contribution in [-0.2, 0) is 5.41 Å². The summed E-state index contributed by atoms with van der Waals surface area (Å²) in [6.07, 6.45) is -0.638. The minimum atomic E-state index is -0.638. The molecule has 0 fully saturated rings. The van der Waals surface area contributed by atoms with Crippen molar-refractivity contribution in [1.29, 1.82) is 0 Å². The van der Waals surface area contributed by atoms with Crippen molar-refractivity contribution in [2.24, 2.45) is 0 Å². The molecule has 186 valence electrons. The van der Waals surface area contributed by atoms with Crippen LogP contribution in [0.5, 0.6) is 11.5 Å². The Kier molecular flexibility index (Phi) is 8.76. The van der Waals surface area contributed by atoms with E-state index in [4.69, 9.17) is 21.7 Å². The Labute approximate surface area is 214 Å². The normalized spacial score (nSPS) is 12.1. The number of hydrogen-bond donors (Lipinski definition) is 1. The molecule has 0 aliphatic heterocycles. The van der Waals surface area contributed by atoms with E-state index in [9.17, 15) is 5.11 Å². The van der Waals surface area contributed by atoms with Gasteiger partial charge in [-0.2, -0.15) is 0 Å². The molecule has 0 radical (unpaired) electrons. The number of anilines is 2. The van der Waals surface area contributed by atoms with E-state index in [0.29, 0.717) is 23.2 Å². The number of aliphatic hydroxyl groups excluding tert-OH is 1. The number of aliphatic hydroxyl groups is 1. The summed E-state index contributed by atoms with van der Waals surface area (Å²) in [5, 5.41) is 10.9. The highest BCUT2D eigenvalue weighted by Gasteiger charge is 2.15. The summed E-state index contributed by atoms with van der Waals surface area (Å²) < 4.78 is 11.8. The Morgan fingerprint density at radius 2 is 1.63 bits per heavy atom. The Morgan fingerprint density at radius 3 is 2.29 bits per heavy atom. The molecule has 1 atom stereocenters. The van der Waals surface area contributed by atoms with E-state index in [1.165, 1.54) is 11.1 Å². The van der Waals surface area contributed by atoms with Crippen molar-refractivity contribution in [2.45, 2.75) is 39.2 Å². The van der Waals surface area contributed by atoms with Crippen LogP contribution in [0.1, 0.15) is 31.9 Å². The number of ether oxygens (including phenoxy) is 2. The maximum Gasteiger partial charge on any atom is 0.269 e. The first-order valence-corrected chi connectivity index (χ1v) is 12.2. The number of rotatable bonds is 8. The highest BCUT2D eigenvalue weighted by molar-refractivity contribution is 7.80. The number of para-hydroxylation sites is 1. The van der Waals surface area contributed by atoms with Crippen LogP contribution < -0.4 is 19.3 Å². The van der Waals surface area contributed by atoms with Crippen LogP contribution in [0, 0.1) is 6.92 Å². The topological polar surface area (TPSA) is 45.2 Å². The van der Waals surface area contributed by atoms with Gasteiger partial charge in [0.2, 0.25) is 0 Å². The zero-order valence-corrected chi connectivity index (χ0v) is 22.3. The van der Waals surface area contributed by atoms with Crippen LogP contribution in [0.15, 0.2) is 72.8 Å². The van der Waals surface area contributed by atoms with Gasteiger partial charge in [-0.05, 0) is 66.0 Å². The Hall–Kier alpha value is -3.09. The SMILES string of the molecule is Cc1ccccc1N(C)CC(O)COc1cccc(N(C)C(=S)Oc2ccc(C(C)(C)C)cc2)c1. The van der Waals surface area contributed by atoms with E-state index in [2.05, 4.69) is 45.9 Å². The standard InChI is InChI=1S/C29H36N2O3S/c1-21-10-7-8-13-27(21)30(5)19-24(32)20-33-26-12-9-11-23(18-26)31(6)28(35)34-25-16-14-22(15-17-25)29(2,3)4/h7-18,24,32H,19-20H2,1-6H3. The number of thiocarbonyl (C=S) groups is 1. The summed E-state index contributed by atoms with van der Waals surface area (Å²) in [4.78, 5) is 3.83. The third-order valence-electron chi connectivity index (χ3n) is 5.86. The Balaban J connectivity index is 1.55. The van der Waals surface area contributed by atoms with Crippen molar-refractivity contribution < 1.29 is 14.6 Å². The van der Waals surface area contributed by atoms with Crippen molar-refractivity contribution in [3.05, 3.63) is 83.9 Å². The van der Waals surface area contributed by atoms with E-state index in [0.717, 1.165) is 11.4 Å². The van der Waals surface area contributed by atoms with Gasteiger partial charge in [0.1, 0.15) is 24.2 Å². The Bertz CT molecular complexity index is 1130.